The summed E-state index contributed by atoms with van der Waals surface area (Å²) < 4.78 is 26.4. The summed E-state index contributed by atoms with van der Waals surface area (Å²) in [4.78, 5) is 51.5. The summed E-state index contributed by atoms with van der Waals surface area (Å²) >= 11 is 0. The van der Waals surface area contributed by atoms with Gasteiger partial charge in [0.1, 0.15) is 6.54 Å². The van der Waals surface area contributed by atoms with E-state index >= 15 is 0 Å². The van der Waals surface area contributed by atoms with Gasteiger partial charge in [-0.15, -0.1) is 12.4 Å². The fourth-order valence-corrected chi connectivity index (χ4v) is 3.32. The first kappa shape index (κ1) is 20.5. The summed E-state index contributed by atoms with van der Waals surface area (Å²) in [6, 6.07) is -0.892. The zero-order chi connectivity index (χ0) is 18.2. The SMILES string of the molecule is Cl.O=C(CN1C(=O)CCC1=O)N1CCN(C(=O)C2CC(F)(F)CN2)CC1. The van der Waals surface area contributed by atoms with Crippen molar-refractivity contribution in [3.63, 3.8) is 0 Å². The number of nitrogens with one attached hydrogen (secondary N) is 1. The van der Waals surface area contributed by atoms with E-state index in [0.717, 1.165) is 4.90 Å². The Morgan fingerprint density at radius 1 is 1.04 bits per heavy atom. The highest BCUT2D eigenvalue weighted by molar-refractivity contribution is 6.04. The molecule has 0 aromatic heterocycles. The number of hydrogen-bond acceptors (Lipinski definition) is 5. The number of rotatable bonds is 3. The molecule has 0 radical (unpaired) electrons. The molecule has 0 aromatic carbocycles. The number of carbonyl (C=O) groups is 4. The molecule has 3 aliphatic rings. The summed E-state index contributed by atoms with van der Waals surface area (Å²) in [5.41, 5.74) is 0. The second-order valence-corrected chi connectivity index (χ2v) is 6.57. The van der Waals surface area contributed by atoms with Crippen molar-refractivity contribution in [3.8, 4) is 0 Å². The molecule has 11 heteroatoms. The summed E-state index contributed by atoms with van der Waals surface area (Å²) in [6.07, 6.45) is -0.245. The Morgan fingerprint density at radius 2 is 1.58 bits per heavy atom. The highest BCUT2D eigenvalue weighted by Crippen LogP contribution is 2.26. The van der Waals surface area contributed by atoms with E-state index in [1.807, 2.05) is 0 Å². The number of imide groups is 1. The predicted octanol–water partition coefficient (Wildman–Crippen LogP) is -0.775. The van der Waals surface area contributed by atoms with Crippen molar-refractivity contribution in [2.75, 3.05) is 39.3 Å². The minimum atomic E-state index is -2.87. The maximum Gasteiger partial charge on any atom is 0.262 e. The fourth-order valence-electron chi connectivity index (χ4n) is 3.32. The molecule has 0 spiro atoms. The van der Waals surface area contributed by atoms with Gasteiger partial charge in [0.05, 0.1) is 12.6 Å². The van der Waals surface area contributed by atoms with Crippen molar-refractivity contribution in [2.24, 2.45) is 0 Å². The van der Waals surface area contributed by atoms with Crippen LogP contribution in [0.1, 0.15) is 19.3 Å². The number of halogens is 3. The van der Waals surface area contributed by atoms with Crippen molar-refractivity contribution in [1.82, 2.24) is 20.0 Å². The molecule has 1 N–H and O–H groups in total. The minimum absolute atomic E-state index is 0. The number of amides is 4. The van der Waals surface area contributed by atoms with E-state index in [-0.39, 0.29) is 81.6 Å². The third kappa shape index (κ3) is 4.29. The third-order valence-electron chi connectivity index (χ3n) is 4.80. The van der Waals surface area contributed by atoms with Gasteiger partial charge in [-0.3, -0.25) is 29.4 Å². The van der Waals surface area contributed by atoms with Crippen molar-refractivity contribution in [1.29, 1.82) is 0 Å². The molecular weight excluding hydrogens is 374 g/mol. The summed E-state index contributed by atoms with van der Waals surface area (Å²) in [7, 11) is 0. The highest BCUT2D eigenvalue weighted by atomic mass is 35.5. The molecule has 4 amide bonds. The van der Waals surface area contributed by atoms with E-state index in [1.165, 1.54) is 9.80 Å². The smallest absolute Gasteiger partial charge is 0.262 e. The molecule has 1 unspecified atom stereocenters. The van der Waals surface area contributed by atoms with Crippen LogP contribution in [0.15, 0.2) is 0 Å². The van der Waals surface area contributed by atoms with Crippen LogP contribution in [0, 0.1) is 0 Å². The van der Waals surface area contributed by atoms with Gasteiger partial charge in [-0.1, -0.05) is 0 Å². The van der Waals surface area contributed by atoms with Crippen molar-refractivity contribution in [3.05, 3.63) is 0 Å². The van der Waals surface area contributed by atoms with E-state index in [9.17, 15) is 28.0 Å². The second kappa shape index (κ2) is 7.83. The average Bonchev–Trinajstić information content (AvgIpc) is 3.10. The van der Waals surface area contributed by atoms with Gasteiger partial charge in [-0.2, -0.15) is 0 Å². The van der Waals surface area contributed by atoms with Crippen LogP contribution in [-0.2, 0) is 19.2 Å². The summed E-state index contributed by atoms with van der Waals surface area (Å²) in [6.45, 7) is 0.224. The maximum absolute atomic E-state index is 13.2. The standard InChI is InChI=1S/C15H20F2N4O4.ClH/c16-15(17)7-10(18-9-15)14(25)20-5-3-19(4-6-20)13(24)8-21-11(22)1-2-12(21)23;/h10,18H,1-9H2;1H. The Morgan fingerprint density at radius 3 is 2.08 bits per heavy atom. The van der Waals surface area contributed by atoms with Gasteiger partial charge in [-0.05, 0) is 0 Å². The second-order valence-electron chi connectivity index (χ2n) is 6.57. The molecule has 1 atom stereocenters. The summed E-state index contributed by atoms with van der Waals surface area (Å²) in [5.74, 6) is -4.29. The third-order valence-corrected chi connectivity index (χ3v) is 4.80. The lowest BCUT2D eigenvalue weighted by molar-refractivity contribution is -0.147. The number of piperazine rings is 1. The zero-order valence-electron chi connectivity index (χ0n) is 14.1. The molecule has 0 aromatic rings. The lowest BCUT2D eigenvalue weighted by Crippen LogP contribution is -2.55. The first-order valence-corrected chi connectivity index (χ1v) is 8.28. The number of likely N-dealkylation sites (tertiary alicyclic amines) is 1. The van der Waals surface area contributed by atoms with E-state index < -0.39 is 24.9 Å². The van der Waals surface area contributed by atoms with Gasteiger partial charge in [0.15, 0.2) is 0 Å². The van der Waals surface area contributed by atoms with Crippen molar-refractivity contribution in [2.45, 2.75) is 31.2 Å². The van der Waals surface area contributed by atoms with E-state index in [1.54, 1.807) is 0 Å². The molecule has 146 valence electrons. The van der Waals surface area contributed by atoms with Crippen LogP contribution >= 0.6 is 12.4 Å². The molecule has 8 nitrogen and oxygen atoms in total. The van der Waals surface area contributed by atoms with Crippen LogP contribution in [0.25, 0.3) is 0 Å². The molecule has 0 aliphatic carbocycles. The maximum atomic E-state index is 13.2. The first-order valence-electron chi connectivity index (χ1n) is 8.28. The molecule has 3 rings (SSSR count). The first-order chi connectivity index (χ1) is 11.8. The van der Waals surface area contributed by atoms with Gasteiger partial charge >= 0.3 is 0 Å². The van der Waals surface area contributed by atoms with Gasteiger partial charge in [-0.25, -0.2) is 8.78 Å². The van der Waals surface area contributed by atoms with Gasteiger partial charge in [0.2, 0.25) is 23.6 Å². The van der Waals surface area contributed by atoms with Crippen LogP contribution < -0.4 is 5.32 Å². The number of carbonyl (C=O) groups excluding carboxylic acids is 4. The lowest BCUT2D eigenvalue weighted by Gasteiger charge is -2.36. The van der Waals surface area contributed by atoms with E-state index in [4.69, 9.17) is 0 Å². The normalized spacial score (nSPS) is 25.5. The molecule has 3 fully saturated rings. The van der Waals surface area contributed by atoms with Crippen LogP contribution in [0.4, 0.5) is 8.78 Å². The van der Waals surface area contributed by atoms with Gasteiger partial charge in [0.25, 0.3) is 5.92 Å². The number of nitrogens with zero attached hydrogens (tertiary/aromatic N) is 3. The highest BCUT2D eigenvalue weighted by Gasteiger charge is 2.44. The Hall–Kier alpha value is -1.81. The van der Waals surface area contributed by atoms with Crippen LogP contribution in [0.5, 0.6) is 0 Å². The molecular formula is C15H21ClF2N4O4. The van der Waals surface area contributed by atoms with Crippen molar-refractivity contribution >= 4 is 36.0 Å². The van der Waals surface area contributed by atoms with Gasteiger partial charge in [0, 0.05) is 45.4 Å². The zero-order valence-corrected chi connectivity index (χ0v) is 14.9. The topological polar surface area (TPSA) is 90.0 Å². The van der Waals surface area contributed by atoms with Crippen molar-refractivity contribution < 1.29 is 28.0 Å². The monoisotopic (exact) mass is 394 g/mol. The van der Waals surface area contributed by atoms with E-state index in [2.05, 4.69) is 5.32 Å². The molecule has 3 heterocycles. The van der Waals surface area contributed by atoms with E-state index in [0.29, 0.717) is 0 Å². The Balaban J connectivity index is 0.00000243. The molecule has 0 saturated carbocycles. The predicted molar refractivity (Wildman–Crippen MR) is 87.7 cm³/mol. The Kier molecular flexibility index (Phi) is 6.17. The number of hydrogen-bond donors (Lipinski definition) is 1. The number of alkyl halides is 2. The van der Waals surface area contributed by atoms with Crippen LogP contribution in [0.3, 0.4) is 0 Å². The average molecular weight is 395 g/mol. The van der Waals surface area contributed by atoms with Crippen LogP contribution in [0.2, 0.25) is 0 Å². The fraction of sp³-hybridized carbons (Fsp3) is 0.733. The minimum Gasteiger partial charge on any atom is -0.338 e. The lowest BCUT2D eigenvalue weighted by atomic mass is 10.1. The van der Waals surface area contributed by atoms with Gasteiger partial charge < -0.3 is 9.80 Å². The molecule has 3 aliphatic heterocycles. The quantitative estimate of drug-likeness (QED) is 0.635. The Bertz CT molecular complexity index is 594. The molecule has 26 heavy (non-hydrogen) atoms. The Labute approximate surface area is 155 Å². The molecule has 3 saturated heterocycles. The molecule has 0 bridgehead atoms. The van der Waals surface area contributed by atoms with Crippen LogP contribution in [-0.4, -0.2) is 89.6 Å². The summed E-state index contributed by atoms with van der Waals surface area (Å²) in [5, 5.41) is 2.53. The largest absolute Gasteiger partial charge is 0.338 e.